The van der Waals surface area contributed by atoms with Crippen molar-refractivity contribution in [2.75, 3.05) is 0 Å². The highest BCUT2D eigenvalue weighted by Gasteiger charge is 2.15. The summed E-state index contributed by atoms with van der Waals surface area (Å²) < 4.78 is 0.576. The van der Waals surface area contributed by atoms with Gasteiger partial charge in [0.25, 0.3) is 5.69 Å². The molecule has 100 valence electrons. The van der Waals surface area contributed by atoms with Crippen molar-refractivity contribution >= 4 is 21.6 Å². The number of hydrogen-bond acceptors (Lipinski definition) is 3. The molecule has 0 spiro atoms. The molecule has 0 amide bonds. The number of rotatable bonds is 6. The fourth-order valence-corrected chi connectivity index (χ4v) is 2.57. The molecule has 0 radical (unpaired) electrons. The van der Waals surface area contributed by atoms with E-state index in [2.05, 4.69) is 29.8 Å². The molecule has 1 aromatic rings. The van der Waals surface area contributed by atoms with Crippen LogP contribution in [0.25, 0.3) is 0 Å². The van der Waals surface area contributed by atoms with E-state index in [0.717, 1.165) is 24.8 Å². The van der Waals surface area contributed by atoms with Gasteiger partial charge in [-0.3, -0.25) is 10.1 Å². The summed E-state index contributed by atoms with van der Waals surface area (Å²) in [6, 6.07) is 5.27. The number of nitrogens with two attached hydrogens (primary N) is 1. The van der Waals surface area contributed by atoms with Gasteiger partial charge in [-0.25, -0.2) is 0 Å². The van der Waals surface area contributed by atoms with Crippen LogP contribution in [0.3, 0.4) is 0 Å². The van der Waals surface area contributed by atoms with Crippen LogP contribution in [-0.2, 0) is 6.42 Å². The Morgan fingerprint density at radius 3 is 2.67 bits per heavy atom. The largest absolute Gasteiger partial charge is 0.328 e. The molecule has 18 heavy (non-hydrogen) atoms. The number of benzene rings is 1. The van der Waals surface area contributed by atoms with E-state index in [4.69, 9.17) is 5.73 Å². The van der Waals surface area contributed by atoms with Crippen molar-refractivity contribution in [3.05, 3.63) is 38.3 Å². The van der Waals surface area contributed by atoms with Crippen LogP contribution >= 0.6 is 15.9 Å². The molecule has 2 N–H and O–H groups in total. The van der Waals surface area contributed by atoms with E-state index in [0.29, 0.717) is 10.4 Å². The molecule has 0 bridgehead atoms. The number of nitrogens with zero attached hydrogens (tertiary/aromatic N) is 1. The summed E-state index contributed by atoms with van der Waals surface area (Å²) in [5.74, 6) is 0.577. The minimum absolute atomic E-state index is 0.116. The second kappa shape index (κ2) is 6.85. The third kappa shape index (κ3) is 4.38. The molecule has 0 saturated heterocycles. The Kier molecular flexibility index (Phi) is 5.75. The molecular weight excluding hydrogens is 296 g/mol. The second-order valence-electron chi connectivity index (χ2n) is 4.94. The van der Waals surface area contributed by atoms with Crippen molar-refractivity contribution in [3.63, 3.8) is 0 Å². The smallest absolute Gasteiger partial charge is 0.283 e. The SMILES string of the molecule is CC(C)CC(N)CCc1cccc([N+](=O)[O-])c1Br. The molecule has 4 nitrogen and oxygen atoms in total. The van der Waals surface area contributed by atoms with E-state index in [1.54, 1.807) is 6.07 Å². The van der Waals surface area contributed by atoms with Gasteiger partial charge in [0.05, 0.1) is 9.40 Å². The molecule has 0 aliphatic rings. The molecule has 0 fully saturated rings. The second-order valence-corrected chi connectivity index (χ2v) is 5.73. The standard InChI is InChI=1S/C13H19BrN2O2/c1-9(2)8-11(15)7-6-10-4-3-5-12(13(10)14)16(17)18/h3-5,9,11H,6-8,15H2,1-2H3. The average Bonchev–Trinajstić information content (AvgIpc) is 2.26. The van der Waals surface area contributed by atoms with Crippen LogP contribution in [0.1, 0.15) is 32.3 Å². The third-order valence-electron chi connectivity index (χ3n) is 2.81. The molecule has 0 saturated carbocycles. The molecule has 1 aromatic carbocycles. The predicted octanol–water partition coefficient (Wildman–Crippen LogP) is 3.66. The Morgan fingerprint density at radius 1 is 1.44 bits per heavy atom. The topological polar surface area (TPSA) is 69.2 Å². The molecule has 0 heterocycles. The van der Waals surface area contributed by atoms with Crippen molar-refractivity contribution in [1.82, 2.24) is 0 Å². The van der Waals surface area contributed by atoms with E-state index < -0.39 is 0 Å². The van der Waals surface area contributed by atoms with E-state index in [9.17, 15) is 10.1 Å². The summed E-state index contributed by atoms with van der Waals surface area (Å²) in [5.41, 5.74) is 7.08. The first-order valence-corrected chi connectivity index (χ1v) is 6.88. The lowest BCUT2D eigenvalue weighted by atomic mass is 9.98. The van der Waals surface area contributed by atoms with Crippen molar-refractivity contribution in [1.29, 1.82) is 0 Å². The van der Waals surface area contributed by atoms with Gasteiger partial charge < -0.3 is 5.73 Å². The first-order chi connectivity index (χ1) is 8.41. The van der Waals surface area contributed by atoms with Gasteiger partial charge in [0.2, 0.25) is 0 Å². The van der Waals surface area contributed by atoms with Crippen molar-refractivity contribution in [2.24, 2.45) is 11.7 Å². The maximum absolute atomic E-state index is 10.8. The van der Waals surface area contributed by atoms with Gasteiger partial charge in [-0.15, -0.1) is 0 Å². The Balaban J connectivity index is 2.68. The summed E-state index contributed by atoms with van der Waals surface area (Å²) in [6.07, 6.45) is 2.58. The summed E-state index contributed by atoms with van der Waals surface area (Å²) >= 11 is 3.30. The summed E-state index contributed by atoms with van der Waals surface area (Å²) in [5, 5.41) is 10.8. The van der Waals surface area contributed by atoms with Crippen molar-refractivity contribution in [2.45, 2.75) is 39.2 Å². The number of nitro groups is 1. The number of hydrogen-bond donors (Lipinski definition) is 1. The Morgan fingerprint density at radius 2 is 2.11 bits per heavy atom. The Bertz CT molecular complexity index is 421. The highest BCUT2D eigenvalue weighted by atomic mass is 79.9. The van der Waals surface area contributed by atoms with Gasteiger partial charge in [0, 0.05) is 12.1 Å². The van der Waals surface area contributed by atoms with Crippen molar-refractivity contribution < 1.29 is 4.92 Å². The molecule has 0 aliphatic carbocycles. The molecule has 1 atom stereocenters. The maximum atomic E-state index is 10.8. The van der Waals surface area contributed by atoms with Gasteiger partial charge >= 0.3 is 0 Å². The van der Waals surface area contributed by atoms with Gasteiger partial charge in [-0.1, -0.05) is 26.0 Å². The number of aryl methyl sites for hydroxylation is 1. The number of nitro benzene ring substituents is 1. The normalized spacial score (nSPS) is 12.7. The van der Waals surface area contributed by atoms with Crippen LogP contribution in [0.15, 0.2) is 22.7 Å². The lowest BCUT2D eigenvalue weighted by Crippen LogP contribution is -2.22. The fourth-order valence-electron chi connectivity index (χ4n) is 1.96. The first kappa shape index (κ1) is 15.1. The summed E-state index contributed by atoms with van der Waals surface area (Å²) in [4.78, 5) is 10.4. The lowest BCUT2D eigenvalue weighted by molar-refractivity contribution is -0.385. The zero-order chi connectivity index (χ0) is 13.7. The van der Waals surface area contributed by atoms with Crippen LogP contribution in [0, 0.1) is 16.0 Å². The van der Waals surface area contributed by atoms with E-state index in [-0.39, 0.29) is 16.7 Å². The monoisotopic (exact) mass is 314 g/mol. The van der Waals surface area contributed by atoms with E-state index in [1.165, 1.54) is 6.07 Å². The third-order valence-corrected chi connectivity index (χ3v) is 3.73. The first-order valence-electron chi connectivity index (χ1n) is 6.09. The van der Waals surface area contributed by atoms with Gasteiger partial charge in [0.15, 0.2) is 0 Å². The van der Waals surface area contributed by atoms with E-state index in [1.807, 2.05) is 6.07 Å². The van der Waals surface area contributed by atoms with Crippen LogP contribution < -0.4 is 5.73 Å². The summed E-state index contributed by atoms with van der Waals surface area (Å²) in [6.45, 7) is 4.28. The molecule has 0 aliphatic heterocycles. The van der Waals surface area contributed by atoms with Gasteiger partial charge in [-0.05, 0) is 46.7 Å². The predicted molar refractivity (Wildman–Crippen MR) is 76.5 cm³/mol. The fraction of sp³-hybridized carbons (Fsp3) is 0.538. The minimum Gasteiger partial charge on any atom is -0.328 e. The number of halogens is 1. The van der Waals surface area contributed by atoms with Crippen LogP contribution in [-0.4, -0.2) is 11.0 Å². The lowest BCUT2D eigenvalue weighted by Gasteiger charge is -2.14. The quantitative estimate of drug-likeness (QED) is 0.643. The highest BCUT2D eigenvalue weighted by Crippen LogP contribution is 2.29. The zero-order valence-corrected chi connectivity index (χ0v) is 12.3. The Hall–Kier alpha value is -0.940. The average molecular weight is 315 g/mol. The minimum atomic E-state index is -0.373. The maximum Gasteiger partial charge on any atom is 0.283 e. The highest BCUT2D eigenvalue weighted by molar-refractivity contribution is 9.10. The van der Waals surface area contributed by atoms with Crippen LogP contribution in [0.4, 0.5) is 5.69 Å². The van der Waals surface area contributed by atoms with Gasteiger partial charge in [-0.2, -0.15) is 0 Å². The van der Waals surface area contributed by atoms with Crippen molar-refractivity contribution in [3.8, 4) is 0 Å². The molecule has 0 aromatic heterocycles. The molecule has 1 rings (SSSR count). The molecule has 1 unspecified atom stereocenters. The Labute approximate surface area is 116 Å². The van der Waals surface area contributed by atoms with E-state index >= 15 is 0 Å². The van der Waals surface area contributed by atoms with Crippen LogP contribution in [0.5, 0.6) is 0 Å². The van der Waals surface area contributed by atoms with Crippen LogP contribution in [0.2, 0.25) is 0 Å². The summed E-state index contributed by atoms with van der Waals surface area (Å²) in [7, 11) is 0. The van der Waals surface area contributed by atoms with Gasteiger partial charge in [0.1, 0.15) is 0 Å². The zero-order valence-electron chi connectivity index (χ0n) is 10.7. The molecular formula is C13H19BrN2O2. The molecule has 5 heteroatoms.